The number of hydrogen-bond donors (Lipinski definition) is 1. The molecular formula is C24H21NO7S. The maximum absolute atomic E-state index is 13.3. The Morgan fingerprint density at radius 2 is 1.79 bits per heavy atom. The fourth-order valence-corrected chi connectivity index (χ4v) is 4.65. The van der Waals surface area contributed by atoms with Gasteiger partial charge in [-0.05, 0) is 62.2 Å². The van der Waals surface area contributed by atoms with Gasteiger partial charge in [0, 0.05) is 0 Å². The van der Waals surface area contributed by atoms with Crippen molar-refractivity contribution in [3.8, 4) is 17.3 Å². The molecule has 1 atom stereocenters. The summed E-state index contributed by atoms with van der Waals surface area (Å²) in [5, 5.41) is 0.239. The van der Waals surface area contributed by atoms with E-state index in [4.69, 9.17) is 13.6 Å². The molecular weight excluding hydrogens is 446 g/mol. The molecule has 0 unspecified atom stereocenters. The van der Waals surface area contributed by atoms with E-state index in [0.717, 1.165) is 11.1 Å². The molecule has 0 aliphatic carbocycles. The predicted molar refractivity (Wildman–Crippen MR) is 122 cm³/mol. The van der Waals surface area contributed by atoms with Crippen molar-refractivity contribution in [2.24, 2.45) is 0 Å². The fourth-order valence-electron chi connectivity index (χ4n) is 3.43. The van der Waals surface area contributed by atoms with Crippen molar-refractivity contribution in [1.82, 2.24) is 4.72 Å². The predicted octanol–water partition coefficient (Wildman–Crippen LogP) is 3.94. The number of ether oxygens (including phenoxy) is 1. The van der Waals surface area contributed by atoms with Gasteiger partial charge in [0.05, 0.1) is 16.5 Å². The van der Waals surface area contributed by atoms with Crippen molar-refractivity contribution in [2.75, 3.05) is 0 Å². The van der Waals surface area contributed by atoms with Crippen LogP contribution in [0.25, 0.3) is 22.5 Å². The van der Waals surface area contributed by atoms with E-state index in [-0.39, 0.29) is 27.6 Å². The summed E-state index contributed by atoms with van der Waals surface area (Å²) in [6.07, 6.45) is 1.39. The van der Waals surface area contributed by atoms with Crippen molar-refractivity contribution in [1.29, 1.82) is 0 Å². The lowest BCUT2D eigenvalue weighted by Gasteiger charge is -2.15. The smallest absolute Gasteiger partial charge is 0.329 e. The second kappa shape index (κ2) is 8.68. The van der Waals surface area contributed by atoms with Crippen molar-refractivity contribution < 1.29 is 26.8 Å². The van der Waals surface area contributed by atoms with E-state index >= 15 is 0 Å². The van der Waals surface area contributed by atoms with Crippen molar-refractivity contribution in [3.63, 3.8) is 0 Å². The number of esters is 1. The van der Waals surface area contributed by atoms with Crippen LogP contribution in [0, 0.1) is 13.8 Å². The molecule has 4 aromatic rings. The highest BCUT2D eigenvalue weighted by Gasteiger charge is 2.28. The maximum atomic E-state index is 13.3. The number of furan rings is 1. The third kappa shape index (κ3) is 4.46. The Balaban J connectivity index is 1.73. The molecule has 33 heavy (non-hydrogen) atoms. The number of sulfonamides is 1. The van der Waals surface area contributed by atoms with Gasteiger partial charge in [-0.3, -0.25) is 4.79 Å². The van der Waals surface area contributed by atoms with Crippen LogP contribution in [0.1, 0.15) is 18.1 Å². The Labute approximate surface area is 189 Å². The summed E-state index contributed by atoms with van der Waals surface area (Å²) >= 11 is 0. The number of carbonyl (C=O) groups is 1. The molecule has 4 rings (SSSR count). The van der Waals surface area contributed by atoms with E-state index in [2.05, 4.69) is 4.72 Å². The van der Waals surface area contributed by atoms with Crippen LogP contribution in [0.4, 0.5) is 0 Å². The van der Waals surface area contributed by atoms with E-state index in [9.17, 15) is 18.0 Å². The molecule has 2 aromatic heterocycles. The molecule has 170 valence electrons. The standard InChI is InChI=1S/C24H21NO7S/c1-14-12-15(2)21-18(13-14)20(26)23(22(31-21)19-10-7-11-30-19)32-24(27)16(3)25-33(28,29)17-8-5-4-6-9-17/h4-13,16,25H,1-3H3/t16-/m1/s1. The zero-order valence-electron chi connectivity index (χ0n) is 18.1. The van der Waals surface area contributed by atoms with E-state index < -0.39 is 27.5 Å². The summed E-state index contributed by atoms with van der Waals surface area (Å²) in [6, 6.07) is 13.0. The van der Waals surface area contributed by atoms with Gasteiger partial charge in [-0.2, -0.15) is 4.72 Å². The topological polar surface area (TPSA) is 116 Å². The van der Waals surface area contributed by atoms with Crippen LogP contribution in [0.2, 0.25) is 0 Å². The zero-order valence-corrected chi connectivity index (χ0v) is 18.9. The van der Waals surface area contributed by atoms with Gasteiger partial charge in [-0.25, -0.2) is 13.2 Å². The molecule has 0 fully saturated rings. The summed E-state index contributed by atoms with van der Waals surface area (Å²) in [6.45, 7) is 4.96. The monoisotopic (exact) mass is 467 g/mol. The third-order valence-corrected chi connectivity index (χ3v) is 6.52. The van der Waals surface area contributed by atoms with E-state index in [1.54, 1.807) is 43.3 Å². The van der Waals surface area contributed by atoms with Gasteiger partial charge in [-0.15, -0.1) is 0 Å². The van der Waals surface area contributed by atoms with Crippen LogP contribution in [0.3, 0.4) is 0 Å². The summed E-state index contributed by atoms with van der Waals surface area (Å²) in [7, 11) is -3.98. The lowest BCUT2D eigenvalue weighted by Crippen LogP contribution is -2.41. The molecule has 8 nitrogen and oxygen atoms in total. The minimum Gasteiger partial charge on any atom is -0.461 e. The fraction of sp³-hybridized carbons (Fsp3) is 0.167. The Morgan fingerprint density at radius 3 is 2.45 bits per heavy atom. The van der Waals surface area contributed by atoms with Crippen molar-refractivity contribution >= 4 is 27.0 Å². The van der Waals surface area contributed by atoms with Gasteiger partial charge in [0.2, 0.25) is 27.0 Å². The Morgan fingerprint density at radius 1 is 1.06 bits per heavy atom. The molecule has 0 saturated heterocycles. The first-order chi connectivity index (χ1) is 15.7. The van der Waals surface area contributed by atoms with Crippen LogP contribution in [0.15, 0.2) is 79.4 Å². The van der Waals surface area contributed by atoms with Crippen molar-refractivity contribution in [3.05, 3.63) is 82.2 Å². The molecule has 0 aliphatic rings. The minimum atomic E-state index is -3.98. The average Bonchev–Trinajstić information content (AvgIpc) is 3.31. The average molecular weight is 467 g/mol. The maximum Gasteiger partial charge on any atom is 0.329 e. The molecule has 1 N–H and O–H groups in total. The molecule has 0 spiro atoms. The van der Waals surface area contributed by atoms with Crippen LogP contribution in [0.5, 0.6) is 5.75 Å². The molecule has 0 bridgehead atoms. The second-order valence-electron chi connectivity index (χ2n) is 7.60. The van der Waals surface area contributed by atoms with Crippen LogP contribution in [-0.4, -0.2) is 20.4 Å². The number of nitrogens with one attached hydrogen (secondary N) is 1. The van der Waals surface area contributed by atoms with Gasteiger partial charge in [0.25, 0.3) is 0 Å². The molecule has 0 amide bonds. The van der Waals surface area contributed by atoms with Crippen LogP contribution < -0.4 is 14.9 Å². The lowest BCUT2D eigenvalue weighted by atomic mass is 10.1. The number of fused-ring (bicyclic) bond motifs is 1. The first kappa shape index (κ1) is 22.5. The molecule has 2 aromatic carbocycles. The van der Waals surface area contributed by atoms with Gasteiger partial charge in [-0.1, -0.05) is 24.3 Å². The summed E-state index contributed by atoms with van der Waals surface area (Å²) in [5.74, 6) is -1.22. The first-order valence-corrected chi connectivity index (χ1v) is 11.6. The van der Waals surface area contributed by atoms with Crippen LogP contribution >= 0.6 is 0 Å². The van der Waals surface area contributed by atoms with Crippen molar-refractivity contribution in [2.45, 2.75) is 31.7 Å². The van der Waals surface area contributed by atoms with Crippen LogP contribution in [-0.2, 0) is 14.8 Å². The summed E-state index contributed by atoms with van der Waals surface area (Å²) in [5.41, 5.74) is 1.34. The molecule has 2 heterocycles. The van der Waals surface area contributed by atoms with E-state index in [1.165, 1.54) is 25.3 Å². The number of rotatable bonds is 6. The molecule has 0 saturated carbocycles. The normalized spacial score (nSPS) is 12.6. The minimum absolute atomic E-state index is 0.00269. The highest BCUT2D eigenvalue weighted by Crippen LogP contribution is 2.33. The second-order valence-corrected chi connectivity index (χ2v) is 9.32. The van der Waals surface area contributed by atoms with Gasteiger partial charge in [0.1, 0.15) is 11.6 Å². The Bertz CT molecular complexity index is 1490. The Hall–Kier alpha value is -3.69. The molecule has 0 aliphatic heterocycles. The summed E-state index contributed by atoms with van der Waals surface area (Å²) < 4.78 is 44.1. The SMILES string of the molecule is Cc1cc(C)c2oc(-c3ccco3)c(OC(=O)[C@@H](C)NS(=O)(=O)c3ccccc3)c(=O)c2c1. The number of hydrogen-bond acceptors (Lipinski definition) is 7. The zero-order chi connectivity index (χ0) is 23.8. The van der Waals surface area contributed by atoms with Gasteiger partial charge in [0.15, 0.2) is 5.76 Å². The quantitative estimate of drug-likeness (QED) is 0.427. The largest absolute Gasteiger partial charge is 0.461 e. The molecule has 9 heteroatoms. The highest BCUT2D eigenvalue weighted by molar-refractivity contribution is 7.89. The Kier molecular flexibility index (Phi) is 5.92. The number of carbonyl (C=O) groups excluding carboxylic acids is 1. The molecule has 0 radical (unpaired) electrons. The third-order valence-electron chi connectivity index (χ3n) is 4.97. The van der Waals surface area contributed by atoms with E-state index in [0.29, 0.717) is 5.58 Å². The highest BCUT2D eigenvalue weighted by atomic mass is 32.2. The summed E-state index contributed by atoms with van der Waals surface area (Å²) in [4.78, 5) is 26.1. The lowest BCUT2D eigenvalue weighted by molar-refractivity contribution is -0.135. The van der Waals surface area contributed by atoms with E-state index in [1.807, 2.05) is 13.0 Å². The van der Waals surface area contributed by atoms with Gasteiger partial charge < -0.3 is 13.6 Å². The number of aryl methyl sites for hydroxylation is 2. The number of benzene rings is 2. The first-order valence-electron chi connectivity index (χ1n) is 10.1. The van der Waals surface area contributed by atoms with Gasteiger partial charge >= 0.3 is 5.97 Å².